The van der Waals surface area contributed by atoms with Gasteiger partial charge in [-0.2, -0.15) is 0 Å². The summed E-state index contributed by atoms with van der Waals surface area (Å²) in [6, 6.07) is 8.42. The highest BCUT2D eigenvalue weighted by atomic mass is 79.9. The number of hydrogen-bond acceptors (Lipinski definition) is 4. The molecule has 0 spiro atoms. The van der Waals surface area contributed by atoms with E-state index in [0.717, 1.165) is 5.56 Å². The van der Waals surface area contributed by atoms with Gasteiger partial charge in [-0.15, -0.1) is 0 Å². The first-order chi connectivity index (χ1) is 9.61. The number of aromatic nitrogens is 1. The molecule has 2 rings (SSSR count). The monoisotopic (exact) mass is 337 g/mol. The molecule has 0 radical (unpaired) electrons. The quantitative estimate of drug-likeness (QED) is 0.907. The van der Waals surface area contributed by atoms with Gasteiger partial charge in [0.15, 0.2) is 0 Å². The number of rotatable bonds is 5. The predicted octanol–water partition coefficient (Wildman–Crippen LogP) is 3.13. The van der Waals surface area contributed by atoms with Crippen LogP contribution in [-0.2, 0) is 6.61 Å². The minimum Gasteiger partial charge on any atom is -0.489 e. The second-order valence-corrected chi connectivity index (χ2v) is 4.76. The van der Waals surface area contributed by atoms with Gasteiger partial charge in [0.2, 0.25) is 5.88 Å². The van der Waals surface area contributed by atoms with Crippen LogP contribution < -0.4 is 9.47 Å². The van der Waals surface area contributed by atoms with Crippen molar-refractivity contribution in [2.75, 3.05) is 7.11 Å². The molecule has 0 amide bonds. The number of carboxylic acids is 1. The summed E-state index contributed by atoms with van der Waals surface area (Å²) >= 11 is 3.18. The Balaban J connectivity index is 2.15. The van der Waals surface area contributed by atoms with Gasteiger partial charge in [0.1, 0.15) is 12.4 Å². The lowest BCUT2D eigenvalue weighted by molar-refractivity contribution is 0.0695. The molecule has 0 atom stereocenters. The van der Waals surface area contributed by atoms with Gasteiger partial charge < -0.3 is 14.6 Å². The zero-order valence-corrected chi connectivity index (χ0v) is 12.3. The Labute approximate surface area is 124 Å². The number of ether oxygens (including phenoxy) is 2. The van der Waals surface area contributed by atoms with Crippen LogP contribution in [0.2, 0.25) is 0 Å². The highest BCUT2D eigenvalue weighted by Crippen LogP contribution is 2.24. The molecule has 0 unspecified atom stereocenters. The fourth-order valence-electron chi connectivity index (χ4n) is 1.64. The highest BCUT2D eigenvalue weighted by Gasteiger charge is 2.10. The second kappa shape index (κ2) is 6.38. The Hall–Kier alpha value is -2.08. The molecular formula is C14H12BrNO4. The molecule has 1 aromatic carbocycles. The van der Waals surface area contributed by atoms with Gasteiger partial charge in [0.05, 0.1) is 18.2 Å². The summed E-state index contributed by atoms with van der Waals surface area (Å²) in [6.45, 7) is 0.248. The molecule has 0 aliphatic rings. The second-order valence-electron chi connectivity index (χ2n) is 3.91. The summed E-state index contributed by atoms with van der Waals surface area (Å²) in [6.07, 6.45) is 1.63. The average Bonchev–Trinajstić information content (AvgIpc) is 2.46. The van der Waals surface area contributed by atoms with Crippen molar-refractivity contribution in [2.45, 2.75) is 6.61 Å². The molecule has 6 heteroatoms. The van der Waals surface area contributed by atoms with Crippen molar-refractivity contribution < 1.29 is 19.4 Å². The number of nitrogens with zero attached hydrogens (tertiary/aromatic N) is 1. The molecule has 5 nitrogen and oxygen atoms in total. The van der Waals surface area contributed by atoms with Crippen molar-refractivity contribution in [1.82, 2.24) is 4.98 Å². The first-order valence-corrected chi connectivity index (χ1v) is 6.54. The van der Waals surface area contributed by atoms with Crippen molar-refractivity contribution in [1.29, 1.82) is 0 Å². The number of aromatic carboxylic acids is 1. The lowest BCUT2D eigenvalue weighted by Gasteiger charge is -2.10. The predicted molar refractivity (Wildman–Crippen MR) is 76.2 cm³/mol. The molecule has 0 aliphatic carbocycles. The molecule has 2 aromatic rings. The molecule has 0 bridgehead atoms. The van der Waals surface area contributed by atoms with Gasteiger partial charge in [-0.1, -0.05) is 0 Å². The number of pyridine rings is 1. The molecule has 0 fully saturated rings. The van der Waals surface area contributed by atoms with Gasteiger partial charge >= 0.3 is 5.97 Å². The number of halogens is 1. The van der Waals surface area contributed by atoms with Crippen LogP contribution in [0, 0.1) is 0 Å². The maximum atomic E-state index is 11.0. The van der Waals surface area contributed by atoms with E-state index in [-0.39, 0.29) is 12.2 Å². The smallest absolute Gasteiger partial charge is 0.336 e. The van der Waals surface area contributed by atoms with Gasteiger partial charge in [0.25, 0.3) is 0 Å². The van der Waals surface area contributed by atoms with E-state index in [1.807, 2.05) is 6.07 Å². The molecule has 1 aromatic heterocycles. The van der Waals surface area contributed by atoms with Crippen molar-refractivity contribution in [2.24, 2.45) is 0 Å². The van der Waals surface area contributed by atoms with Crippen LogP contribution in [0.25, 0.3) is 0 Å². The van der Waals surface area contributed by atoms with Gasteiger partial charge in [0, 0.05) is 10.7 Å². The normalized spacial score (nSPS) is 10.1. The van der Waals surface area contributed by atoms with E-state index in [1.54, 1.807) is 24.4 Å². The number of benzene rings is 1. The summed E-state index contributed by atoms with van der Waals surface area (Å²) in [7, 11) is 1.54. The molecule has 1 N–H and O–H groups in total. The maximum Gasteiger partial charge on any atom is 0.336 e. The van der Waals surface area contributed by atoms with Crippen molar-refractivity contribution >= 4 is 21.9 Å². The van der Waals surface area contributed by atoms with Gasteiger partial charge in [-0.05, 0) is 46.3 Å². The first-order valence-electron chi connectivity index (χ1n) is 5.75. The molecule has 20 heavy (non-hydrogen) atoms. The van der Waals surface area contributed by atoms with Gasteiger partial charge in [-0.25, -0.2) is 9.78 Å². The van der Waals surface area contributed by atoms with E-state index in [2.05, 4.69) is 20.9 Å². The summed E-state index contributed by atoms with van der Waals surface area (Å²) in [5, 5.41) is 9.04. The highest BCUT2D eigenvalue weighted by molar-refractivity contribution is 9.10. The number of hydrogen-bond donors (Lipinski definition) is 1. The molecule has 1 heterocycles. The van der Waals surface area contributed by atoms with Crippen LogP contribution in [0.1, 0.15) is 15.9 Å². The molecular weight excluding hydrogens is 326 g/mol. The Morgan fingerprint density at radius 3 is 2.90 bits per heavy atom. The molecule has 0 saturated carbocycles. The number of carboxylic acid groups (broad SMARTS) is 1. The van der Waals surface area contributed by atoms with Crippen LogP contribution in [0.15, 0.2) is 41.0 Å². The van der Waals surface area contributed by atoms with Crippen molar-refractivity contribution in [3.05, 3.63) is 52.1 Å². The van der Waals surface area contributed by atoms with Crippen LogP contribution >= 0.6 is 15.9 Å². The zero-order valence-electron chi connectivity index (χ0n) is 10.7. The van der Waals surface area contributed by atoms with Crippen molar-refractivity contribution in [3.63, 3.8) is 0 Å². The third-order valence-electron chi connectivity index (χ3n) is 2.61. The van der Waals surface area contributed by atoms with Gasteiger partial charge in [-0.3, -0.25) is 0 Å². The summed E-state index contributed by atoms with van der Waals surface area (Å²) < 4.78 is 11.2. The largest absolute Gasteiger partial charge is 0.489 e. The Bertz CT molecular complexity index is 630. The Kier molecular flexibility index (Phi) is 4.57. The van der Waals surface area contributed by atoms with Crippen LogP contribution in [-0.4, -0.2) is 23.2 Å². The molecule has 0 aliphatic heterocycles. The summed E-state index contributed by atoms with van der Waals surface area (Å²) in [4.78, 5) is 15.1. The molecule has 104 valence electrons. The SMILES string of the molecule is COc1ncccc1COc1ccc(Br)c(C(=O)O)c1. The van der Waals surface area contributed by atoms with Crippen LogP contribution in [0.4, 0.5) is 0 Å². The minimum absolute atomic E-state index is 0.153. The third kappa shape index (κ3) is 3.27. The standard InChI is InChI=1S/C14H12BrNO4/c1-19-13-9(3-2-6-16-13)8-20-10-4-5-12(15)11(7-10)14(17)18/h2-7H,8H2,1H3,(H,17,18). The third-order valence-corrected chi connectivity index (χ3v) is 3.30. The number of methoxy groups -OCH3 is 1. The molecule has 0 saturated heterocycles. The zero-order chi connectivity index (χ0) is 14.5. The van der Waals surface area contributed by atoms with E-state index < -0.39 is 5.97 Å². The lowest BCUT2D eigenvalue weighted by atomic mass is 10.2. The maximum absolute atomic E-state index is 11.0. The average molecular weight is 338 g/mol. The van der Waals surface area contributed by atoms with Crippen molar-refractivity contribution in [3.8, 4) is 11.6 Å². The Morgan fingerprint density at radius 2 is 2.20 bits per heavy atom. The van der Waals surface area contributed by atoms with E-state index in [1.165, 1.54) is 13.2 Å². The van der Waals surface area contributed by atoms with Crippen LogP contribution in [0.5, 0.6) is 11.6 Å². The Morgan fingerprint density at radius 1 is 1.40 bits per heavy atom. The van der Waals surface area contributed by atoms with E-state index >= 15 is 0 Å². The summed E-state index contributed by atoms with van der Waals surface area (Å²) in [5.41, 5.74) is 0.940. The first kappa shape index (κ1) is 14.3. The summed E-state index contributed by atoms with van der Waals surface area (Å²) in [5.74, 6) is -0.0548. The fraction of sp³-hybridized carbons (Fsp3) is 0.143. The van der Waals surface area contributed by atoms with E-state index in [0.29, 0.717) is 16.1 Å². The minimum atomic E-state index is -1.01. The topological polar surface area (TPSA) is 68.7 Å². The fourth-order valence-corrected chi connectivity index (χ4v) is 2.05. The van der Waals surface area contributed by atoms with E-state index in [4.69, 9.17) is 14.6 Å². The van der Waals surface area contributed by atoms with E-state index in [9.17, 15) is 4.79 Å². The lowest BCUT2D eigenvalue weighted by Crippen LogP contribution is -2.02. The van der Waals surface area contributed by atoms with Crippen LogP contribution in [0.3, 0.4) is 0 Å². The number of carbonyl (C=O) groups is 1.